The molecule has 1 aliphatic heterocycles. The number of carbonyl (C=O) groups excluding carboxylic acids is 3. The molecule has 92 valence electrons. The number of hydrogen-bond acceptors (Lipinski definition) is 4. The lowest BCUT2D eigenvalue weighted by atomic mass is 10.4. The minimum Gasteiger partial charge on any atom is -0.341 e. The fourth-order valence-corrected chi connectivity index (χ4v) is 1.51. The molecule has 0 saturated carbocycles. The van der Waals surface area contributed by atoms with Crippen LogP contribution in [-0.4, -0.2) is 48.8 Å². The first kappa shape index (κ1) is 13.0. The molecule has 0 aromatic heterocycles. The Bertz CT molecular complexity index is 355. The van der Waals surface area contributed by atoms with Crippen LogP contribution in [0.25, 0.3) is 0 Å². The molecule has 0 spiro atoms. The molecule has 7 nitrogen and oxygen atoms in total. The van der Waals surface area contributed by atoms with Crippen molar-refractivity contribution < 1.29 is 14.4 Å². The van der Waals surface area contributed by atoms with Gasteiger partial charge in [-0.3, -0.25) is 14.4 Å². The van der Waals surface area contributed by atoms with Gasteiger partial charge in [0.1, 0.15) is 6.54 Å². The molecule has 1 fully saturated rings. The lowest BCUT2D eigenvalue weighted by molar-refractivity contribution is -0.140. The van der Waals surface area contributed by atoms with Crippen molar-refractivity contribution in [3.05, 3.63) is 0 Å². The topological polar surface area (TPSA) is 102 Å². The van der Waals surface area contributed by atoms with Gasteiger partial charge in [0.25, 0.3) is 0 Å². The number of nitrogens with zero attached hydrogens (tertiary/aromatic N) is 2. The van der Waals surface area contributed by atoms with E-state index in [2.05, 4.69) is 10.6 Å². The van der Waals surface area contributed by atoms with Gasteiger partial charge >= 0.3 is 11.8 Å². The summed E-state index contributed by atoms with van der Waals surface area (Å²) in [4.78, 5) is 35.4. The standard InChI is InChI=1S/C10H14N4O3/c11-3-4-12-9(16)10(17)13-7-8(15)14-5-1-2-6-14/h1-2,4-7H2,(H,12,16)(H,13,17). The van der Waals surface area contributed by atoms with E-state index in [0.29, 0.717) is 13.1 Å². The average Bonchev–Trinajstić information content (AvgIpc) is 2.86. The maximum atomic E-state index is 11.5. The zero-order valence-corrected chi connectivity index (χ0v) is 9.36. The second kappa shape index (κ2) is 6.48. The van der Waals surface area contributed by atoms with Crippen LogP contribution in [0.3, 0.4) is 0 Å². The summed E-state index contributed by atoms with van der Waals surface area (Å²) in [6.45, 7) is 0.996. The molecule has 0 unspecified atom stereocenters. The van der Waals surface area contributed by atoms with E-state index in [1.54, 1.807) is 11.0 Å². The average molecular weight is 238 g/mol. The predicted molar refractivity (Wildman–Crippen MR) is 57.4 cm³/mol. The Hall–Kier alpha value is -2.10. The first-order valence-corrected chi connectivity index (χ1v) is 5.36. The molecule has 3 amide bonds. The molecule has 1 rings (SSSR count). The van der Waals surface area contributed by atoms with Crippen molar-refractivity contribution in [1.29, 1.82) is 5.26 Å². The third-order valence-electron chi connectivity index (χ3n) is 2.39. The summed E-state index contributed by atoms with van der Waals surface area (Å²) in [5.41, 5.74) is 0. The van der Waals surface area contributed by atoms with Crippen molar-refractivity contribution in [2.75, 3.05) is 26.2 Å². The van der Waals surface area contributed by atoms with E-state index < -0.39 is 11.8 Å². The maximum Gasteiger partial charge on any atom is 0.310 e. The van der Waals surface area contributed by atoms with E-state index >= 15 is 0 Å². The van der Waals surface area contributed by atoms with Gasteiger partial charge in [0.15, 0.2) is 0 Å². The number of rotatable bonds is 3. The summed E-state index contributed by atoms with van der Waals surface area (Å²) in [7, 11) is 0. The van der Waals surface area contributed by atoms with Crippen LogP contribution < -0.4 is 10.6 Å². The lowest BCUT2D eigenvalue weighted by Gasteiger charge is -2.15. The van der Waals surface area contributed by atoms with E-state index in [1.807, 2.05) is 0 Å². The molecule has 0 atom stereocenters. The SMILES string of the molecule is N#CCNC(=O)C(=O)NCC(=O)N1CCCC1. The van der Waals surface area contributed by atoms with Gasteiger partial charge in [-0.25, -0.2) is 0 Å². The van der Waals surface area contributed by atoms with Crippen molar-refractivity contribution >= 4 is 17.7 Å². The normalized spacial score (nSPS) is 13.9. The van der Waals surface area contributed by atoms with E-state index in [-0.39, 0.29) is 19.0 Å². The summed E-state index contributed by atoms with van der Waals surface area (Å²) in [5, 5.41) is 12.5. The van der Waals surface area contributed by atoms with Crippen molar-refractivity contribution in [1.82, 2.24) is 15.5 Å². The molecular weight excluding hydrogens is 224 g/mol. The van der Waals surface area contributed by atoms with Crippen LogP contribution in [-0.2, 0) is 14.4 Å². The van der Waals surface area contributed by atoms with Crippen molar-refractivity contribution in [2.45, 2.75) is 12.8 Å². The largest absolute Gasteiger partial charge is 0.341 e. The Labute approximate surface area is 98.8 Å². The summed E-state index contributed by atoms with van der Waals surface area (Å²) in [6, 6.07) is 1.68. The third kappa shape index (κ3) is 4.10. The fourth-order valence-electron chi connectivity index (χ4n) is 1.51. The smallest absolute Gasteiger partial charge is 0.310 e. The van der Waals surface area contributed by atoms with E-state index in [1.165, 1.54) is 0 Å². The maximum absolute atomic E-state index is 11.5. The van der Waals surface area contributed by atoms with Crippen LogP contribution in [0.1, 0.15) is 12.8 Å². The van der Waals surface area contributed by atoms with Gasteiger partial charge < -0.3 is 15.5 Å². The van der Waals surface area contributed by atoms with E-state index in [0.717, 1.165) is 12.8 Å². The summed E-state index contributed by atoms with van der Waals surface area (Å²) in [6.07, 6.45) is 1.95. The molecular formula is C10H14N4O3. The molecule has 1 aliphatic rings. The van der Waals surface area contributed by atoms with Crippen LogP contribution in [0.4, 0.5) is 0 Å². The van der Waals surface area contributed by atoms with Gasteiger partial charge in [0.2, 0.25) is 5.91 Å². The number of amides is 3. The summed E-state index contributed by atoms with van der Waals surface area (Å²) >= 11 is 0. The van der Waals surface area contributed by atoms with Gasteiger partial charge in [-0.15, -0.1) is 0 Å². The minimum absolute atomic E-state index is 0.182. The van der Waals surface area contributed by atoms with Crippen molar-refractivity contribution in [2.24, 2.45) is 0 Å². The fraction of sp³-hybridized carbons (Fsp3) is 0.600. The molecule has 0 radical (unpaired) electrons. The Balaban J connectivity index is 2.25. The van der Waals surface area contributed by atoms with Crippen LogP contribution in [0, 0.1) is 11.3 Å². The Kier molecular flexibility index (Phi) is 4.94. The minimum atomic E-state index is -0.902. The zero-order valence-electron chi connectivity index (χ0n) is 9.36. The van der Waals surface area contributed by atoms with E-state index in [4.69, 9.17) is 5.26 Å². The third-order valence-corrected chi connectivity index (χ3v) is 2.39. The quantitative estimate of drug-likeness (QED) is 0.455. The number of hydrogen-bond donors (Lipinski definition) is 2. The highest BCUT2D eigenvalue weighted by molar-refractivity contribution is 6.35. The molecule has 2 N–H and O–H groups in total. The van der Waals surface area contributed by atoms with Gasteiger partial charge in [-0.05, 0) is 12.8 Å². The number of carbonyl (C=O) groups is 3. The van der Waals surface area contributed by atoms with Crippen LogP contribution in [0.2, 0.25) is 0 Å². The van der Waals surface area contributed by atoms with E-state index in [9.17, 15) is 14.4 Å². The first-order valence-electron chi connectivity index (χ1n) is 5.36. The number of likely N-dealkylation sites (tertiary alicyclic amines) is 1. The Morgan fingerprint density at radius 2 is 1.71 bits per heavy atom. The van der Waals surface area contributed by atoms with Gasteiger partial charge in [-0.1, -0.05) is 0 Å². The van der Waals surface area contributed by atoms with Gasteiger partial charge in [0.05, 0.1) is 12.6 Å². The van der Waals surface area contributed by atoms with Crippen molar-refractivity contribution in [3.63, 3.8) is 0 Å². The second-order valence-corrected chi connectivity index (χ2v) is 3.61. The highest BCUT2D eigenvalue weighted by Crippen LogP contribution is 2.06. The molecule has 0 aliphatic carbocycles. The Morgan fingerprint density at radius 1 is 1.12 bits per heavy atom. The molecule has 0 aromatic rings. The number of nitriles is 1. The van der Waals surface area contributed by atoms with Crippen LogP contribution >= 0.6 is 0 Å². The summed E-state index contributed by atoms with van der Waals surface area (Å²) < 4.78 is 0. The van der Waals surface area contributed by atoms with Crippen LogP contribution in [0.5, 0.6) is 0 Å². The highest BCUT2D eigenvalue weighted by Gasteiger charge is 2.19. The molecule has 0 aromatic carbocycles. The molecule has 1 heterocycles. The lowest BCUT2D eigenvalue weighted by Crippen LogP contribution is -2.44. The summed E-state index contributed by atoms with van der Waals surface area (Å²) in [5.74, 6) is -1.99. The second-order valence-electron chi connectivity index (χ2n) is 3.61. The number of nitrogens with one attached hydrogen (secondary N) is 2. The predicted octanol–water partition coefficient (Wildman–Crippen LogP) is -1.64. The molecule has 0 bridgehead atoms. The van der Waals surface area contributed by atoms with Crippen LogP contribution in [0.15, 0.2) is 0 Å². The zero-order chi connectivity index (χ0) is 12.7. The molecule has 7 heteroatoms. The molecule has 1 saturated heterocycles. The van der Waals surface area contributed by atoms with Crippen molar-refractivity contribution in [3.8, 4) is 6.07 Å². The highest BCUT2D eigenvalue weighted by atomic mass is 16.2. The van der Waals surface area contributed by atoms with Gasteiger partial charge in [-0.2, -0.15) is 5.26 Å². The Morgan fingerprint density at radius 3 is 2.29 bits per heavy atom. The first-order chi connectivity index (χ1) is 8.15. The molecule has 17 heavy (non-hydrogen) atoms. The van der Waals surface area contributed by atoms with Gasteiger partial charge in [0, 0.05) is 13.1 Å². The monoisotopic (exact) mass is 238 g/mol.